The van der Waals surface area contributed by atoms with E-state index < -0.39 is 0 Å². The third-order valence-electron chi connectivity index (χ3n) is 2.62. The number of aromatic nitrogens is 1. The molecule has 1 aliphatic carbocycles. The summed E-state index contributed by atoms with van der Waals surface area (Å²) in [7, 11) is 0. The van der Waals surface area contributed by atoms with Crippen LogP contribution in [0.3, 0.4) is 0 Å². The predicted molar refractivity (Wildman–Crippen MR) is 67.7 cm³/mol. The normalized spacial score (nSPS) is 14.8. The molecule has 0 spiro atoms. The highest BCUT2D eigenvalue weighted by Gasteiger charge is 2.27. The van der Waals surface area contributed by atoms with Gasteiger partial charge in [0.2, 0.25) is 5.88 Å². The van der Waals surface area contributed by atoms with Crippen molar-refractivity contribution in [3.8, 4) is 17.0 Å². The minimum atomic E-state index is -0.374. The first kappa shape index (κ1) is 11.5. The second-order valence-corrected chi connectivity index (χ2v) is 5.05. The van der Waals surface area contributed by atoms with Crippen molar-refractivity contribution in [3.63, 3.8) is 0 Å². The summed E-state index contributed by atoms with van der Waals surface area (Å²) < 4.78 is 24.6. The largest absolute Gasteiger partial charge is 0.489 e. The molecular weight excluding hydrogens is 303 g/mol. The average Bonchev–Trinajstić information content (AvgIpc) is 3.03. The second-order valence-electron chi connectivity index (χ2n) is 4.20. The molecule has 1 aromatic carbocycles. The number of hydrogen-bond donors (Lipinski definition) is 1. The lowest BCUT2D eigenvalue weighted by molar-refractivity contribution is 0.301. The lowest BCUT2D eigenvalue weighted by Crippen LogP contribution is -1.99. The van der Waals surface area contributed by atoms with Crippen molar-refractivity contribution in [2.24, 2.45) is 0 Å². The molecule has 1 aliphatic rings. The van der Waals surface area contributed by atoms with Crippen molar-refractivity contribution in [1.82, 2.24) is 5.16 Å². The van der Waals surface area contributed by atoms with Gasteiger partial charge in [0.05, 0.1) is 10.6 Å². The molecule has 4 nitrogen and oxygen atoms in total. The first-order valence-corrected chi connectivity index (χ1v) is 6.31. The van der Waals surface area contributed by atoms with E-state index in [1.807, 2.05) is 0 Å². The van der Waals surface area contributed by atoms with E-state index in [-0.39, 0.29) is 17.8 Å². The third-order valence-corrected chi connectivity index (χ3v) is 3.21. The number of benzene rings is 1. The minimum Gasteiger partial charge on any atom is -0.489 e. The second kappa shape index (κ2) is 4.28. The fourth-order valence-electron chi connectivity index (χ4n) is 1.64. The molecule has 0 saturated heterocycles. The zero-order valence-electron chi connectivity index (χ0n) is 9.32. The molecule has 1 saturated carbocycles. The van der Waals surface area contributed by atoms with Crippen LogP contribution in [0.5, 0.6) is 5.75 Å². The smallest absolute Gasteiger partial charge is 0.222 e. The summed E-state index contributed by atoms with van der Waals surface area (Å²) in [6.45, 7) is 0. The molecule has 1 aromatic heterocycles. The van der Waals surface area contributed by atoms with E-state index >= 15 is 0 Å². The van der Waals surface area contributed by atoms with Gasteiger partial charge in [0.15, 0.2) is 0 Å². The van der Waals surface area contributed by atoms with Gasteiger partial charge in [-0.2, -0.15) is 0 Å². The van der Waals surface area contributed by atoms with Gasteiger partial charge < -0.3 is 15.0 Å². The number of nitrogens with zero attached hydrogens (tertiary/aromatic N) is 1. The number of rotatable bonds is 3. The Labute approximate surface area is 111 Å². The Morgan fingerprint density at radius 2 is 2.17 bits per heavy atom. The Bertz CT molecular complexity index is 596. The van der Waals surface area contributed by atoms with Crippen LogP contribution in [0.25, 0.3) is 11.3 Å². The number of nitrogens with two attached hydrogens (primary N) is 1. The highest BCUT2D eigenvalue weighted by Crippen LogP contribution is 2.40. The number of hydrogen-bond acceptors (Lipinski definition) is 4. The number of halogens is 2. The Morgan fingerprint density at radius 3 is 2.78 bits per heavy atom. The van der Waals surface area contributed by atoms with E-state index in [0.29, 0.717) is 21.5 Å². The molecular formula is C12H10BrFN2O2. The van der Waals surface area contributed by atoms with E-state index in [0.717, 1.165) is 12.8 Å². The van der Waals surface area contributed by atoms with Crippen LogP contribution < -0.4 is 10.5 Å². The van der Waals surface area contributed by atoms with Gasteiger partial charge in [0.1, 0.15) is 17.3 Å². The SMILES string of the molecule is Nc1cc(-c2cc(F)cc(Br)c2OC2CC2)no1. The van der Waals surface area contributed by atoms with Gasteiger partial charge in [0.25, 0.3) is 0 Å². The fraction of sp³-hybridized carbons (Fsp3) is 0.250. The number of anilines is 1. The van der Waals surface area contributed by atoms with Crippen molar-refractivity contribution in [2.75, 3.05) is 5.73 Å². The molecule has 18 heavy (non-hydrogen) atoms. The highest BCUT2D eigenvalue weighted by molar-refractivity contribution is 9.10. The van der Waals surface area contributed by atoms with Gasteiger partial charge in [-0.1, -0.05) is 5.16 Å². The summed E-state index contributed by atoms with van der Waals surface area (Å²) in [6, 6.07) is 4.27. The summed E-state index contributed by atoms with van der Waals surface area (Å²) in [5.41, 5.74) is 6.48. The fourth-order valence-corrected chi connectivity index (χ4v) is 2.16. The summed E-state index contributed by atoms with van der Waals surface area (Å²) in [4.78, 5) is 0. The molecule has 0 unspecified atom stereocenters. The van der Waals surface area contributed by atoms with Crippen LogP contribution in [-0.2, 0) is 0 Å². The van der Waals surface area contributed by atoms with Crippen LogP contribution in [0.2, 0.25) is 0 Å². The molecule has 1 heterocycles. The Hall–Kier alpha value is -1.56. The summed E-state index contributed by atoms with van der Waals surface area (Å²) >= 11 is 3.30. The molecule has 94 valence electrons. The summed E-state index contributed by atoms with van der Waals surface area (Å²) in [6.07, 6.45) is 2.24. The highest BCUT2D eigenvalue weighted by atomic mass is 79.9. The maximum atomic E-state index is 13.5. The number of nitrogen functional groups attached to an aromatic ring is 1. The molecule has 0 radical (unpaired) electrons. The molecule has 3 rings (SSSR count). The Kier molecular flexibility index (Phi) is 2.74. The zero-order valence-corrected chi connectivity index (χ0v) is 10.9. The first-order chi connectivity index (χ1) is 8.63. The standard InChI is InChI=1S/C12H10BrFN2O2/c13-9-4-6(14)3-8(10-5-11(15)18-16-10)12(9)17-7-1-2-7/h3-5,7H,1-2,15H2. The predicted octanol–water partition coefficient (Wildman–Crippen LogP) is 3.37. The van der Waals surface area contributed by atoms with Crippen molar-refractivity contribution < 1.29 is 13.7 Å². The quantitative estimate of drug-likeness (QED) is 0.944. The minimum absolute atomic E-state index is 0.183. The summed E-state index contributed by atoms with van der Waals surface area (Å²) in [5.74, 6) is 0.386. The van der Waals surface area contributed by atoms with E-state index in [9.17, 15) is 4.39 Å². The molecule has 1 fully saturated rings. The van der Waals surface area contributed by atoms with E-state index in [2.05, 4.69) is 21.1 Å². The van der Waals surface area contributed by atoms with E-state index in [4.69, 9.17) is 15.0 Å². The molecule has 2 N–H and O–H groups in total. The molecule has 2 aromatic rings. The van der Waals surface area contributed by atoms with Gasteiger partial charge in [-0.15, -0.1) is 0 Å². The first-order valence-electron chi connectivity index (χ1n) is 5.52. The van der Waals surface area contributed by atoms with Crippen molar-refractivity contribution in [2.45, 2.75) is 18.9 Å². The van der Waals surface area contributed by atoms with Gasteiger partial charge in [-0.3, -0.25) is 0 Å². The molecule has 0 bridgehead atoms. The summed E-state index contributed by atoms with van der Waals surface area (Å²) in [5, 5.41) is 3.79. The Balaban J connectivity index is 2.09. The van der Waals surface area contributed by atoms with Crippen molar-refractivity contribution in [1.29, 1.82) is 0 Å². The average molecular weight is 313 g/mol. The maximum absolute atomic E-state index is 13.5. The molecule has 6 heteroatoms. The lowest BCUT2D eigenvalue weighted by atomic mass is 10.1. The third kappa shape index (κ3) is 2.20. The van der Waals surface area contributed by atoms with Crippen molar-refractivity contribution in [3.05, 3.63) is 28.5 Å². The van der Waals surface area contributed by atoms with Crippen molar-refractivity contribution >= 4 is 21.8 Å². The number of ether oxygens (including phenoxy) is 1. The van der Waals surface area contributed by atoms with Crippen LogP contribution in [0.15, 0.2) is 27.2 Å². The van der Waals surface area contributed by atoms with Crippen LogP contribution >= 0.6 is 15.9 Å². The molecule has 0 aliphatic heterocycles. The molecule has 0 atom stereocenters. The van der Waals surface area contributed by atoms with E-state index in [1.54, 1.807) is 6.07 Å². The van der Waals surface area contributed by atoms with Crippen LogP contribution in [0.1, 0.15) is 12.8 Å². The monoisotopic (exact) mass is 312 g/mol. The Morgan fingerprint density at radius 1 is 1.39 bits per heavy atom. The van der Waals surface area contributed by atoms with Crippen LogP contribution in [0, 0.1) is 5.82 Å². The van der Waals surface area contributed by atoms with Crippen LogP contribution in [-0.4, -0.2) is 11.3 Å². The van der Waals surface area contributed by atoms with Crippen LogP contribution in [0.4, 0.5) is 10.3 Å². The van der Waals surface area contributed by atoms with Gasteiger partial charge >= 0.3 is 0 Å². The van der Waals surface area contributed by atoms with E-state index in [1.165, 1.54) is 12.1 Å². The lowest BCUT2D eigenvalue weighted by Gasteiger charge is -2.11. The topological polar surface area (TPSA) is 61.3 Å². The molecule has 0 amide bonds. The van der Waals surface area contributed by atoms with Gasteiger partial charge in [-0.05, 0) is 40.9 Å². The maximum Gasteiger partial charge on any atom is 0.222 e. The van der Waals surface area contributed by atoms with Gasteiger partial charge in [0, 0.05) is 11.6 Å². The van der Waals surface area contributed by atoms with Gasteiger partial charge in [-0.25, -0.2) is 4.39 Å². The zero-order chi connectivity index (χ0) is 12.7.